The Hall–Kier alpha value is -4.13. The van der Waals surface area contributed by atoms with Crippen molar-refractivity contribution in [3.63, 3.8) is 0 Å². The fourth-order valence-corrected chi connectivity index (χ4v) is 4.28. The molecule has 0 spiro atoms. The third kappa shape index (κ3) is 3.82. The van der Waals surface area contributed by atoms with Gasteiger partial charge in [-0.2, -0.15) is 5.10 Å². The molecule has 0 saturated carbocycles. The van der Waals surface area contributed by atoms with Gasteiger partial charge in [-0.3, -0.25) is 9.48 Å². The van der Waals surface area contributed by atoms with Gasteiger partial charge in [0, 0.05) is 36.3 Å². The second-order valence-corrected chi connectivity index (χ2v) is 8.06. The number of pyridine rings is 1. The SMILES string of the molecule is COc1ccc2[nH]cc(CCNC(=O)c3cc(-c4ccccc4)nc4c3c(C)nn4C)c2c1. The van der Waals surface area contributed by atoms with Crippen LogP contribution in [0.3, 0.4) is 0 Å². The van der Waals surface area contributed by atoms with Gasteiger partial charge in [0.05, 0.1) is 29.4 Å². The number of aryl methyl sites for hydroxylation is 2. The number of carbonyl (C=O) groups excluding carboxylic acids is 1. The lowest BCUT2D eigenvalue weighted by Gasteiger charge is -2.09. The molecule has 0 aliphatic carbocycles. The molecule has 0 unspecified atom stereocenters. The second kappa shape index (κ2) is 8.43. The quantitative estimate of drug-likeness (QED) is 0.411. The van der Waals surface area contributed by atoms with Crippen LogP contribution in [0, 0.1) is 6.92 Å². The van der Waals surface area contributed by atoms with E-state index in [4.69, 9.17) is 9.72 Å². The van der Waals surface area contributed by atoms with Crippen molar-refractivity contribution in [2.24, 2.45) is 7.05 Å². The molecule has 5 rings (SSSR count). The van der Waals surface area contributed by atoms with Crippen LogP contribution < -0.4 is 10.1 Å². The molecular formula is C26H25N5O2. The molecule has 0 atom stereocenters. The van der Waals surface area contributed by atoms with Gasteiger partial charge in [0.25, 0.3) is 5.91 Å². The minimum Gasteiger partial charge on any atom is -0.497 e. The number of ether oxygens (including phenoxy) is 1. The molecule has 2 N–H and O–H groups in total. The standard InChI is InChI=1S/C26H25N5O2/c1-16-24-21(14-23(17-7-5-4-6-8-17)29-25(24)31(2)30-16)26(32)27-12-11-18-15-28-22-10-9-19(33-3)13-20(18)22/h4-10,13-15,28H,11-12H2,1-3H3,(H,27,32). The van der Waals surface area contributed by atoms with Crippen molar-refractivity contribution >= 4 is 27.8 Å². The van der Waals surface area contributed by atoms with Crippen molar-refractivity contribution in [3.05, 3.63) is 77.6 Å². The maximum absolute atomic E-state index is 13.3. The summed E-state index contributed by atoms with van der Waals surface area (Å²) in [6, 6.07) is 17.7. The van der Waals surface area contributed by atoms with E-state index in [0.29, 0.717) is 24.2 Å². The number of nitrogens with zero attached hydrogens (tertiary/aromatic N) is 3. The molecule has 7 heteroatoms. The van der Waals surface area contributed by atoms with Crippen LogP contribution in [0.15, 0.2) is 60.8 Å². The van der Waals surface area contributed by atoms with Crippen LogP contribution in [0.5, 0.6) is 5.75 Å². The average Bonchev–Trinajstić information content (AvgIpc) is 3.38. The lowest BCUT2D eigenvalue weighted by molar-refractivity contribution is 0.0955. The predicted molar refractivity (Wildman–Crippen MR) is 130 cm³/mol. The normalized spacial score (nSPS) is 11.2. The van der Waals surface area contributed by atoms with Crippen molar-refractivity contribution < 1.29 is 9.53 Å². The Balaban J connectivity index is 1.42. The van der Waals surface area contributed by atoms with Crippen molar-refractivity contribution in [1.29, 1.82) is 0 Å². The van der Waals surface area contributed by atoms with Crippen molar-refractivity contribution in [2.45, 2.75) is 13.3 Å². The van der Waals surface area contributed by atoms with Crippen molar-refractivity contribution in [2.75, 3.05) is 13.7 Å². The fourth-order valence-electron chi connectivity index (χ4n) is 4.28. The molecule has 0 saturated heterocycles. The summed E-state index contributed by atoms with van der Waals surface area (Å²) < 4.78 is 7.08. The molecule has 33 heavy (non-hydrogen) atoms. The molecule has 3 heterocycles. The number of benzene rings is 2. The zero-order valence-corrected chi connectivity index (χ0v) is 18.8. The molecule has 0 aliphatic heterocycles. The molecule has 0 fully saturated rings. The van der Waals surface area contributed by atoms with Crippen LogP contribution >= 0.6 is 0 Å². The number of H-pyrrole nitrogens is 1. The Kier molecular flexibility index (Phi) is 5.30. The van der Waals surface area contributed by atoms with Crippen molar-refractivity contribution in [3.8, 4) is 17.0 Å². The third-order valence-electron chi connectivity index (χ3n) is 5.94. The van der Waals surface area contributed by atoms with Crippen LogP contribution in [0.1, 0.15) is 21.6 Å². The second-order valence-electron chi connectivity index (χ2n) is 8.06. The zero-order valence-electron chi connectivity index (χ0n) is 18.8. The van der Waals surface area contributed by atoms with E-state index in [1.54, 1.807) is 11.8 Å². The first kappa shape index (κ1) is 20.8. The number of nitrogens with one attached hydrogen (secondary N) is 2. The maximum Gasteiger partial charge on any atom is 0.252 e. The topological polar surface area (TPSA) is 84.8 Å². The van der Waals surface area contributed by atoms with Gasteiger partial charge in [-0.1, -0.05) is 30.3 Å². The molecule has 0 aliphatic rings. The van der Waals surface area contributed by atoms with Gasteiger partial charge in [0.15, 0.2) is 5.65 Å². The van der Waals surface area contributed by atoms with Gasteiger partial charge in [-0.15, -0.1) is 0 Å². The molecule has 166 valence electrons. The van der Waals surface area contributed by atoms with E-state index in [1.807, 2.05) is 74.8 Å². The zero-order chi connectivity index (χ0) is 22.9. The number of carbonyl (C=O) groups is 1. The number of hydrogen-bond donors (Lipinski definition) is 2. The first-order valence-corrected chi connectivity index (χ1v) is 10.9. The molecule has 0 radical (unpaired) electrons. The Bertz CT molecular complexity index is 1470. The first-order chi connectivity index (χ1) is 16.0. The Morgan fingerprint density at radius 2 is 1.97 bits per heavy atom. The van der Waals surface area contributed by atoms with Crippen LogP contribution in [-0.4, -0.2) is 39.3 Å². The Morgan fingerprint density at radius 3 is 2.76 bits per heavy atom. The smallest absolute Gasteiger partial charge is 0.252 e. The monoisotopic (exact) mass is 439 g/mol. The van der Waals surface area contributed by atoms with Gasteiger partial charge in [0.2, 0.25) is 0 Å². The van der Waals surface area contributed by atoms with Crippen LogP contribution in [0.2, 0.25) is 0 Å². The van der Waals surface area contributed by atoms with Gasteiger partial charge < -0.3 is 15.0 Å². The number of methoxy groups -OCH3 is 1. The highest BCUT2D eigenvalue weighted by molar-refractivity contribution is 6.07. The van der Waals surface area contributed by atoms with E-state index in [1.165, 1.54) is 0 Å². The summed E-state index contributed by atoms with van der Waals surface area (Å²) >= 11 is 0. The molecule has 7 nitrogen and oxygen atoms in total. The summed E-state index contributed by atoms with van der Waals surface area (Å²) in [6.07, 6.45) is 2.68. The van der Waals surface area contributed by atoms with Crippen LogP contribution in [0.25, 0.3) is 33.2 Å². The highest BCUT2D eigenvalue weighted by atomic mass is 16.5. The number of amides is 1. The number of fused-ring (bicyclic) bond motifs is 2. The summed E-state index contributed by atoms with van der Waals surface area (Å²) in [6.45, 7) is 2.41. The molecule has 3 aromatic heterocycles. The summed E-state index contributed by atoms with van der Waals surface area (Å²) in [5.41, 5.74) is 5.96. The Morgan fingerprint density at radius 1 is 1.15 bits per heavy atom. The fraction of sp³-hybridized carbons (Fsp3) is 0.192. The maximum atomic E-state index is 13.3. The number of hydrogen-bond acceptors (Lipinski definition) is 4. The lowest BCUT2D eigenvalue weighted by atomic mass is 10.0. The third-order valence-corrected chi connectivity index (χ3v) is 5.94. The van der Waals surface area contributed by atoms with Crippen LogP contribution in [0.4, 0.5) is 0 Å². The van der Waals surface area contributed by atoms with E-state index in [0.717, 1.165) is 44.6 Å². The van der Waals surface area contributed by atoms with E-state index in [9.17, 15) is 4.79 Å². The van der Waals surface area contributed by atoms with Crippen molar-refractivity contribution in [1.82, 2.24) is 25.1 Å². The number of rotatable bonds is 6. The van der Waals surface area contributed by atoms with E-state index >= 15 is 0 Å². The molecule has 2 aromatic carbocycles. The summed E-state index contributed by atoms with van der Waals surface area (Å²) in [7, 11) is 3.51. The van der Waals surface area contributed by atoms with Crippen LogP contribution in [-0.2, 0) is 13.5 Å². The molecular weight excluding hydrogens is 414 g/mol. The largest absolute Gasteiger partial charge is 0.497 e. The first-order valence-electron chi connectivity index (χ1n) is 10.9. The highest BCUT2D eigenvalue weighted by Crippen LogP contribution is 2.27. The summed E-state index contributed by atoms with van der Waals surface area (Å²) in [4.78, 5) is 21.4. The van der Waals surface area contributed by atoms with Gasteiger partial charge in [-0.05, 0) is 43.2 Å². The predicted octanol–water partition coefficient (Wildman–Crippen LogP) is 4.41. The number of aromatic amines is 1. The lowest BCUT2D eigenvalue weighted by Crippen LogP contribution is -2.26. The van der Waals surface area contributed by atoms with Gasteiger partial charge in [0.1, 0.15) is 5.75 Å². The van der Waals surface area contributed by atoms with Gasteiger partial charge >= 0.3 is 0 Å². The van der Waals surface area contributed by atoms with E-state index in [-0.39, 0.29) is 5.91 Å². The minimum absolute atomic E-state index is 0.131. The molecule has 5 aromatic rings. The van der Waals surface area contributed by atoms with E-state index in [2.05, 4.69) is 15.4 Å². The minimum atomic E-state index is -0.131. The summed E-state index contributed by atoms with van der Waals surface area (Å²) in [5, 5.41) is 9.47. The summed E-state index contributed by atoms with van der Waals surface area (Å²) in [5.74, 6) is 0.681. The number of aromatic nitrogens is 4. The Labute approximate surface area is 191 Å². The highest BCUT2D eigenvalue weighted by Gasteiger charge is 2.19. The van der Waals surface area contributed by atoms with E-state index < -0.39 is 0 Å². The molecule has 0 bridgehead atoms. The molecule has 1 amide bonds. The van der Waals surface area contributed by atoms with Gasteiger partial charge in [-0.25, -0.2) is 4.98 Å². The average molecular weight is 440 g/mol.